The molecule has 3 rings (SSSR count). The molecule has 1 aromatic carbocycles. The minimum atomic E-state index is -0.494. The third kappa shape index (κ3) is 2.06. The molecule has 2 aromatic rings. The van der Waals surface area contributed by atoms with Crippen molar-refractivity contribution in [2.45, 2.75) is 19.6 Å². The minimum Gasteiger partial charge on any atom is -0.479 e. The number of aliphatic hydroxyl groups is 1. The van der Waals surface area contributed by atoms with Crippen LogP contribution >= 0.6 is 0 Å². The van der Waals surface area contributed by atoms with Gasteiger partial charge in [0, 0.05) is 11.6 Å². The first-order chi connectivity index (χ1) is 9.17. The summed E-state index contributed by atoms with van der Waals surface area (Å²) in [6, 6.07) is 7.00. The average molecular weight is 260 g/mol. The van der Waals surface area contributed by atoms with Crippen LogP contribution in [-0.4, -0.2) is 22.3 Å². The Hall–Kier alpha value is -2.34. The molecule has 2 heterocycles. The van der Waals surface area contributed by atoms with Crippen LogP contribution in [0.25, 0.3) is 11.3 Å². The first kappa shape index (κ1) is 11.7. The number of aromatic nitrogens is 1. The highest BCUT2D eigenvalue weighted by atomic mass is 16.5. The van der Waals surface area contributed by atoms with Crippen molar-refractivity contribution >= 4 is 11.6 Å². The van der Waals surface area contributed by atoms with Crippen LogP contribution in [0.15, 0.2) is 28.8 Å². The van der Waals surface area contributed by atoms with Gasteiger partial charge in [-0.05, 0) is 25.1 Å². The molecular weight excluding hydrogens is 248 g/mol. The van der Waals surface area contributed by atoms with Gasteiger partial charge in [-0.2, -0.15) is 0 Å². The molecule has 0 spiro atoms. The van der Waals surface area contributed by atoms with E-state index in [4.69, 9.17) is 14.4 Å². The number of carbonyl (C=O) groups excluding carboxylic acids is 1. The average Bonchev–Trinajstić information content (AvgIpc) is 2.88. The largest absolute Gasteiger partial charge is 0.479 e. The van der Waals surface area contributed by atoms with E-state index in [-0.39, 0.29) is 12.5 Å². The molecule has 0 radical (unpaired) electrons. The van der Waals surface area contributed by atoms with Gasteiger partial charge in [-0.1, -0.05) is 5.16 Å². The lowest BCUT2D eigenvalue weighted by atomic mass is 10.1. The smallest absolute Gasteiger partial charge is 0.265 e. The molecule has 1 atom stereocenters. The van der Waals surface area contributed by atoms with E-state index in [1.54, 1.807) is 25.1 Å². The number of ether oxygens (including phenoxy) is 1. The van der Waals surface area contributed by atoms with Crippen molar-refractivity contribution in [3.8, 4) is 17.0 Å². The van der Waals surface area contributed by atoms with E-state index in [1.165, 1.54) is 0 Å². The summed E-state index contributed by atoms with van der Waals surface area (Å²) in [7, 11) is 0. The van der Waals surface area contributed by atoms with Gasteiger partial charge in [-0.25, -0.2) is 0 Å². The topological polar surface area (TPSA) is 84.6 Å². The molecular formula is C13H12N2O4. The molecule has 1 aliphatic heterocycles. The molecule has 0 saturated carbocycles. The molecule has 0 bridgehead atoms. The number of anilines is 1. The van der Waals surface area contributed by atoms with E-state index in [9.17, 15) is 4.79 Å². The van der Waals surface area contributed by atoms with Crippen LogP contribution in [0.4, 0.5) is 5.69 Å². The quantitative estimate of drug-likeness (QED) is 0.855. The van der Waals surface area contributed by atoms with Crippen LogP contribution in [0.1, 0.15) is 12.7 Å². The second kappa shape index (κ2) is 4.40. The summed E-state index contributed by atoms with van der Waals surface area (Å²) in [5.41, 5.74) is 1.98. The van der Waals surface area contributed by atoms with Crippen molar-refractivity contribution in [3.05, 3.63) is 30.0 Å². The second-order valence-electron chi connectivity index (χ2n) is 4.30. The Bertz CT molecular complexity index is 635. The van der Waals surface area contributed by atoms with Crippen LogP contribution in [0.2, 0.25) is 0 Å². The number of aliphatic hydroxyl groups excluding tert-OH is 1. The number of nitrogens with one attached hydrogen (secondary N) is 1. The molecule has 1 aliphatic rings. The van der Waals surface area contributed by atoms with Gasteiger partial charge in [-0.15, -0.1) is 0 Å². The predicted molar refractivity (Wildman–Crippen MR) is 66.6 cm³/mol. The number of fused-ring (bicyclic) bond motifs is 1. The monoisotopic (exact) mass is 260 g/mol. The number of nitrogens with zero attached hydrogens (tertiary/aromatic N) is 1. The molecule has 0 fully saturated rings. The Morgan fingerprint density at radius 3 is 3.00 bits per heavy atom. The summed E-state index contributed by atoms with van der Waals surface area (Å²) >= 11 is 0. The van der Waals surface area contributed by atoms with Crippen LogP contribution in [-0.2, 0) is 11.4 Å². The van der Waals surface area contributed by atoms with Gasteiger partial charge < -0.3 is 19.7 Å². The normalized spacial score (nSPS) is 17.6. The fourth-order valence-electron chi connectivity index (χ4n) is 1.89. The van der Waals surface area contributed by atoms with Crippen molar-refractivity contribution in [2.75, 3.05) is 5.32 Å². The van der Waals surface area contributed by atoms with Crippen molar-refractivity contribution in [1.29, 1.82) is 0 Å². The molecule has 0 saturated heterocycles. The number of benzene rings is 1. The van der Waals surface area contributed by atoms with E-state index >= 15 is 0 Å². The highest BCUT2D eigenvalue weighted by molar-refractivity contribution is 5.98. The summed E-state index contributed by atoms with van der Waals surface area (Å²) in [6.07, 6.45) is -0.494. The molecule has 1 amide bonds. The lowest BCUT2D eigenvalue weighted by Crippen LogP contribution is -2.34. The van der Waals surface area contributed by atoms with Crippen molar-refractivity contribution < 1.29 is 19.2 Å². The van der Waals surface area contributed by atoms with Gasteiger partial charge in [-0.3, -0.25) is 4.79 Å². The number of amides is 1. The first-order valence-corrected chi connectivity index (χ1v) is 5.86. The molecule has 6 heteroatoms. The molecule has 1 aromatic heterocycles. The SMILES string of the molecule is CC1Oc2ccc(-c3cc(CO)on3)cc2NC1=O. The standard InChI is InChI=1S/C13H12N2O4/c1-7-13(17)14-11-4-8(2-3-12(11)18-7)10-5-9(6-16)19-15-10/h2-5,7,16H,6H2,1H3,(H,14,17). The number of carbonyl (C=O) groups is 1. The van der Waals surface area contributed by atoms with Crippen molar-refractivity contribution in [3.63, 3.8) is 0 Å². The van der Waals surface area contributed by atoms with Gasteiger partial charge in [0.05, 0.1) is 5.69 Å². The van der Waals surface area contributed by atoms with E-state index < -0.39 is 6.10 Å². The maximum atomic E-state index is 11.6. The van der Waals surface area contributed by atoms with Gasteiger partial charge in [0.25, 0.3) is 5.91 Å². The number of hydrogen-bond donors (Lipinski definition) is 2. The zero-order valence-corrected chi connectivity index (χ0v) is 10.2. The molecule has 2 N–H and O–H groups in total. The fraction of sp³-hybridized carbons (Fsp3) is 0.231. The van der Waals surface area contributed by atoms with Crippen LogP contribution in [0.5, 0.6) is 5.75 Å². The predicted octanol–water partition coefficient (Wildman–Crippen LogP) is 1.55. The lowest BCUT2D eigenvalue weighted by molar-refractivity contribution is -0.122. The molecule has 0 aliphatic carbocycles. The first-order valence-electron chi connectivity index (χ1n) is 5.86. The second-order valence-corrected chi connectivity index (χ2v) is 4.30. The summed E-state index contributed by atoms with van der Waals surface area (Å²) in [4.78, 5) is 11.6. The van der Waals surface area contributed by atoms with Crippen molar-refractivity contribution in [1.82, 2.24) is 5.16 Å². The fourth-order valence-corrected chi connectivity index (χ4v) is 1.89. The van der Waals surface area contributed by atoms with Gasteiger partial charge in [0.1, 0.15) is 18.1 Å². The van der Waals surface area contributed by atoms with E-state index in [1.807, 2.05) is 6.07 Å². The Morgan fingerprint density at radius 2 is 2.26 bits per heavy atom. The highest BCUT2D eigenvalue weighted by Gasteiger charge is 2.23. The van der Waals surface area contributed by atoms with Crippen LogP contribution < -0.4 is 10.1 Å². The third-order valence-corrected chi connectivity index (χ3v) is 2.92. The summed E-state index contributed by atoms with van der Waals surface area (Å²) in [5.74, 6) is 0.837. The summed E-state index contributed by atoms with van der Waals surface area (Å²) in [5, 5.41) is 15.6. The molecule has 1 unspecified atom stereocenters. The molecule has 98 valence electrons. The zero-order chi connectivity index (χ0) is 13.4. The highest BCUT2D eigenvalue weighted by Crippen LogP contribution is 2.33. The summed E-state index contributed by atoms with van der Waals surface area (Å²) in [6.45, 7) is 1.49. The van der Waals surface area contributed by atoms with E-state index in [0.717, 1.165) is 5.56 Å². The van der Waals surface area contributed by atoms with Gasteiger partial charge >= 0.3 is 0 Å². The molecule has 19 heavy (non-hydrogen) atoms. The Kier molecular flexibility index (Phi) is 2.72. The number of rotatable bonds is 2. The number of hydrogen-bond acceptors (Lipinski definition) is 5. The Balaban J connectivity index is 1.97. The van der Waals surface area contributed by atoms with Gasteiger partial charge in [0.2, 0.25) is 0 Å². The maximum Gasteiger partial charge on any atom is 0.265 e. The maximum absolute atomic E-state index is 11.6. The van der Waals surface area contributed by atoms with Crippen LogP contribution in [0.3, 0.4) is 0 Å². The van der Waals surface area contributed by atoms with E-state index in [0.29, 0.717) is 22.9 Å². The summed E-state index contributed by atoms with van der Waals surface area (Å²) < 4.78 is 10.4. The Morgan fingerprint density at radius 1 is 1.42 bits per heavy atom. The Labute approximate surface area is 109 Å². The van der Waals surface area contributed by atoms with Crippen LogP contribution in [0, 0.1) is 0 Å². The van der Waals surface area contributed by atoms with Gasteiger partial charge in [0.15, 0.2) is 11.9 Å². The van der Waals surface area contributed by atoms with E-state index in [2.05, 4.69) is 10.5 Å². The van der Waals surface area contributed by atoms with Crippen molar-refractivity contribution in [2.24, 2.45) is 0 Å². The zero-order valence-electron chi connectivity index (χ0n) is 10.2. The third-order valence-electron chi connectivity index (χ3n) is 2.92. The lowest BCUT2D eigenvalue weighted by Gasteiger charge is -2.23. The minimum absolute atomic E-state index is 0.180. The molecule has 6 nitrogen and oxygen atoms in total.